The molecule has 3 saturated carbocycles. The maximum absolute atomic E-state index is 12.8. The molecule has 8 heteroatoms. The first kappa shape index (κ1) is 18.4. The number of aromatic nitrogens is 4. The molecule has 3 aliphatic carbocycles. The molecule has 2 heterocycles. The van der Waals surface area contributed by atoms with E-state index in [0.29, 0.717) is 11.8 Å². The average molecular weight is 398 g/mol. The van der Waals surface area contributed by atoms with Gasteiger partial charge in [-0.3, -0.25) is 0 Å². The average Bonchev–Trinajstić information content (AvgIpc) is 3.47. The van der Waals surface area contributed by atoms with Gasteiger partial charge in [0.15, 0.2) is 0 Å². The van der Waals surface area contributed by atoms with Crippen LogP contribution in [0.1, 0.15) is 53.3 Å². The summed E-state index contributed by atoms with van der Waals surface area (Å²) < 4.78 is 15.2. The van der Waals surface area contributed by atoms with Crippen molar-refractivity contribution in [1.29, 1.82) is 0 Å². The minimum Gasteiger partial charge on any atom is -0.452 e. The zero-order valence-electron chi connectivity index (χ0n) is 16.7. The lowest BCUT2D eigenvalue weighted by Gasteiger charge is -2.42. The van der Waals surface area contributed by atoms with E-state index in [0.717, 1.165) is 6.42 Å². The lowest BCUT2D eigenvalue weighted by atomic mass is 9.69. The van der Waals surface area contributed by atoms with Crippen LogP contribution in [0.2, 0.25) is 0 Å². The zero-order valence-corrected chi connectivity index (χ0v) is 16.7. The quantitative estimate of drug-likeness (QED) is 0.735. The van der Waals surface area contributed by atoms with Crippen LogP contribution in [0.5, 0.6) is 0 Å². The van der Waals surface area contributed by atoms with E-state index in [9.17, 15) is 9.59 Å². The topological polar surface area (TPSA) is 88.2 Å². The van der Waals surface area contributed by atoms with Gasteiger partial charge in [-0.1, -0.05) is 12.8 Å². The van der Waals surface area contributed by atoms with Crippen LogP contribution < -0.4 is 0 Å². The summed E-state index contributed by atoms with van der Waals surface area (Å²) in [6, 6.07) is 0. The first-order valence-electron chi connectivity index (χ1n) is 10.4. The molecule has 0 aliphatic heterocycles. The second-order valence-electron chi connectivity index (χ2n) is 8.64. The van der Waals surface area contributed by atoms with E-state index in [1.54, 1.807) is 48.0 Å². The van der Waals surface area contributed by atoms with Gasteiger partial charge in [-0.05, 0) is 31.1 Å². The van der Waals surface area contributed by atoms with Gasteiger partial charge >= 0.3 is 11.9 Å². The van der Waals surface area contributed by atoms with Crippen LogP contribution in [0.4, 0.5) is 0 Å². The van der Waals surface area contributed by atoms with E-state index in [1.807, 2.05) is 0 Å². The summed E-state index contributed by atoms with van der Waals surface area (Å²) in [4.78, 5) is 33.8. The lowest BCUT2D eigenvalue weighted by molar-refractivity contribution is -0.0882. The van der Waals surface area contributed by atoms with Gasteiger partial charge in [-0.2, -0.15) is 0 Å². The Bertz CT molecular complexity index is 861. The van der Waals surface area contributed by atoms with E-state index in [4.69, 9.17) is 9.47 Å². The Labute approximate surface area is 169 Å². The van der Waals surface area contributed by atoms with Crippen LogP contribution in [-0.2, 0) is 23.6 Å². The molecule has 6 unspecified atom stereocenters. The summed E-state index contributed by atoms with van der Waals surface area (Å²) in [5.74, 6) is 1.21. The molecule has 2 aromatic heterocycles. The molecule has 0 aromatic carbocycles. The molecular formula is C21H26N4O4. The van der Waals surface area contributed by atoms with Gasteiger partial charge in [0.2, 0.25) is 11.6 Å². The van der Waals surface area contributed by atoms with Crippen molar-refractivity contribution in [2.24, 2.45) is 37.8 Å². The number of imidazole rings is 2. The predicted octanol–water partition coefficient (Wildman–Crippen LogP) is 2.36. The summed E-state index contributed by atoms with van der Waals surface area (Å²) in [5.41, 5.74) is 0. The van der Waals surface area contributed by atoms with E-state index in [-0.39, 0.29) is 23.5 Å². The molecule has 0 spiro atoms. The number of hydrogen-bond acceptors (Lipinski definition) is 6. The highest BCUT2D eigenvalue weighted by molar-refractivity contribution is 5.86. The first-order valence-corrected chi connectivity index (χ1v) is 10.4. The van der Waals surface area contributed by atoms with E-state index >= 15 is 0 Å². The highest BCUT2D eigenvalue weighted by Crippen LogP contribution is 2.59. The summed E-state index contributed by atoms with van der Waals surface area (Å²) in [5, 5.41) is 0. The SMILES string of the molecule is Cn1ccnc1C(=O)OC1C2CC(C3CCCCC32)C1OC(=O)c1nccn1C. The molecule has 0 N–H and O–H groups in total. The molecule has 2 bridgehead atoms. The second-order valence-corrected chi connectivity index (χ2v) is 8.64. The molecule has 29 heavy (non-hydrogen) atoms. The van der Waals surface area contributed by atoms with Crippen molar-refractivity contribution >= 4 is 11.9 Å². The number of aryl methyl sites for hydroxylation is 2. The fourth-order valence-corrected chi connectivity index (χ4v) is 5.94. The van der Waals surface area contributed by atoms with Crippen molar-refractivity contribution < 1.29 is 19.1 Å². The monoisotopic (exact) mass is 398 g/mol. The normalized spacial score (nSPS) is 32.8. The predicted molar refractivity (Wildman–Crippen MR) is 102 cm³/mol. The number of hydrogen-bond donors (Lipinski definition) is 0. The highest BCUT2D eigenvalue weighted by Gasteiger charge is 2.61. The zero-order chi connectivity index (χ0) is 20.1. The van der Waals surface area contributed by atoms with Crippen LogP contribution in [0, 0.1) is 23.7 Å². The first-order chi connectivity index (χ1) is 14.0. The lowest BCUT2D eigenvalue weighted by Crippen LogP contribution is -2.47. The Morgan fingerprint density at radius 3 is 1.66 bits per heavy atom. The van der Waals surface area contributed by atoms with Gasteiger partial charge in [-0.15, -0.1) is 0 Å². The number of carbonyl (C=O) groups is 2. The maximum Gasteiger partial charge on any atom is 0.374 e. The summed E-state index contributed by atoms with van der Waals surface area (Å²) in [6.45, 7) is 0. The molecule has 154 valence electrons. The number of nitrogens with zero attached hydrogens (tertiary/aromatic N) is 4. The number of esters is 2. The van der Waals surface area contributed by atoms with Crippen molar-refractivity contribution in [3.63, 3.8) is 0 Å². The molecule has 0 saturated heterocycles. The fraction of sp³-hybridized carbons (Fsp3) is 0.619. The molecule has 3 aliphatic rings. The smallest absolute Gasteiger partial charge is 0.374 e. The van der Waals surface area contributed by atoms with Crippen molar-refractivity contribution in [3.8, 4) is 0 Å². The van der Waals surface area contributed by atoms with Crippen molar-refractivity contribution in [1.82, 2.24) is 19.1 Å². The molecule has 5 rings (SSSR count). The fourth-order valence-electron chi connectivity index (χ4n) is 5.94. The minimum atomic E-state index is -0.458. The van der Waals surface area contributed by atoms with Crippen LogP contribution in [-0.4, -0.2) is 43.2 Å². The van der Waals surface area contributed by atoms with Crippen molar-refractivity contribution in [2.75, 3.05) is 0 Å². The Morgan fingerprint density at radius 1 is 0.828 bits per heavy atom. The van der Waals surface area contributed by atoms with Crippen LogP contribution in [0.25, 0.3) is 0 Å². The molecule has 2 aromatic rings. The van der Waals surface area contributed by atoms with Crippen molar-refractivity contribution in [3.05, 3.63) is 36.4 Å². The minimum absolute atomic E-state index is 0.244. The van der Waals surface area contributed by atoms with Gasteiger partial charge in [0.1, 0.15) is 12.2 Å². The number of fused-ring (bicyclic) bond motifs is 5. The Balaban J connectivity index is 1.40. The largest absolute Gasteiger partial charge is 0.452 e. The highest BCUT2D eigenvalue weighted by atomic mass is 16.6. The molecule has 0 radical (unpaired) electrons. The summed E-state index contributed by atoms with van der Waals surface area (Å²) in [7, 11) is 3.53. The maximum atomic E-state index is 12.8. The summed E-state index contributed by atoms with van der Waals surface area (Å²) in [6.07, 6.45) is 11.5. The molecule has 6 atom stereocenters. The Kier molecular flexibility index (Phi) is 4.44. The Morgan fingerprint density at radius 2 is 1.28 bits per heavy atom. The van der Waals surface area contributed by atoms with Gasteiger partial charge < -0.3 is 18.6 Å². The van der Waals surface area contributed by atoms with Gasteiger partial charge in [0.25, 0.3) is 0 Å². The molecule has 8 nitrogen and oxygen atoms in total. The van der Waals surface area contributed by atoms with Gasteiger partial charge in [0, 0.05) is 50.7 Å². The molecule has 0 amide bonds. The van der Waals surface area contributed by atoms with Gasteiger partial charge in [-0.25, -0.2) is 19.6 Å². The van der Waals surface area contributed by atoms with E-state index in [1.165, 1.54) is 25.7 Å². The summed E-state index contributed by atoms with van der Waals surface area (Å²) >= 11 is 0. The Hall–Kier alpha value is -2.64. The number of carbonyl (C=O) groups excluding carboxylic acids is 2. The molecular weight excluding hydrogens is 372 g/mol. The second kappa shape index (κ2) is 7.00. The third-order valence-corrected chi connectivity index (χ3v) is 7.18. The number of ether oxygens (including phenoxy) is 2. The van der Waals surface area contributed by atoms with Gasteiger partial charge in [0.05, 0.1) is 0 Å². The number of rotatable bonds is 4. The van der Waals surface area contributed by atoms with Crippen molar-refractivity contribution in [2.45, 2.75) is 44.3 Å². The molecule has 3 fully saturated rings. The van der Waals surface area contributed by atoms with E-state index in [2.05, 4.69) is 9.97 Å². The third kappa shape index (κ3) is 2.96. The van der Waals surface area contributed by atoms with Crippen LogP contribution in [0.3, 0.4) is 0 Å². The van der Waals surface area contributed by atoms with E-state index < -0.39 is 24.1 Å². The third-order valence-electron chi connectivity index (χ3n) is 7.18. The standard InChI is InChI=1S/C21H26N4O4/c1-24-9-7-22-18(24)20(26)28-16-14-11-15(13-6-4-3-5-12(13)14)17(16)29-21(27)19-23-8-10-25(19)2/h7-10,12-17H,3-6,11H2,1-2H3. The van der Waals surface area contributed by atoms with Crippen LogP contribution in [0.15, 0.2) is 24.8 Å². The van der Waals surface area contributed by atoms with Crippen LogP contribution >= 0.6 is 0 Å².